The SMILES string of the molecule is COC1CN(C(=O)c2n[nH]c3ccccc23)CCC1C. The fourth-order valence-corrected chi connectivity index (χ4v) is 2.80. The second-order valence-electron chi connectivity index (χ2n) is 5.41. The summed E-state index contributed by atoms with van der Waals surface area (Å²) in [6.07, 6.45) is 1.07. The molecule has 1 aromatic carbocycles. The molecule has 1 saturated heterocycles. The number of hydrogen-bond donors (Lipinski definition) is 1. The van der Waals surface area contributed by atoms with Gasteiger partial charge in [-0.15, -0.1) is 0 Å². The van der Waals surface area contributed by atoms with Gasteiger partial charge < -0.3 is 9.64 Å². The van der Waals surface area contributed by atoms with Crippen molar-refractivity contribution in [2.75, 3.05) is 20.2 Å². The van der Waals surface area contributed by atoms with Crippen LogP contribution in [0, 0.1) is 5.92 Å². The molecular weight excluding hydrogens is 254 g/mol. The highest BCUT2D eigenvalue weighted by atomic mass is 16.5. The summed E-state index contributed by atoms with van der Waals surface area (Å²) in [7, 11) is 1.71. The van der Waals surface area contributed by atoms with Crippen LogP contribution in [0.3, 0.4) is 0 Å². The van der Waals surface area contributed by atoms with Crippen LogP contribution in [0.2, 0.25) is 0 Å². The van der Waals surface area contributed by atoms with Gasteiger partial charge in [-0.3, -0.25) is 9.89 Å². The molecule has 3 rings (SSSR count). The van der Waals surface area contributed by atoms with Gasteiger partial charge in [0.2, 0.25) is 0 Å². The van der Waals surface area contributed by atoms with Crippen LogP contribution in [0.5, 0.6) is 0 Å². The fraction of sp³-hybridized carbons (Fsp3) is 0.467. The zero-order chi connectivity index (χ0) is 14.1. The summed E-state index contributed by atoms with van der Waals surface area (Å²) in [6.45, 7) is 3.57. The third-order valence-electron chi connectivity index (χ3n) is 4.15. The summed E-state index contributed by atoms with van der Waals surface area (Å²) in [6, 6.07) is 7.70. The van der Waals surface area contributed by atoms with E-state index in [4.69, 9.17) is 4.74 Å². The normalized spacial score (nSPS) is 23.2. The van der Waals surface area contributed by atoms with Gasteiger partial charge in [0.1, 0.15) is 0 Å². The molecule has 0 spiro atoms. The highest BCUT2D eigenvalue weighted by Gasteiger charge is 2.30. The Morgan fingerprint density at radius 2 is 2.25 bits per heavy atom. The van der Waals surface area contributed by atoms with Gasteiger partial charge in [-0.25, -0.2) is 0 Å². The number of amides is 1. The molecule has 0 radical (unpaired) electrons. The van der Waals surface area contributed by atoms with Crippen molar-refractivity contribution < 1.29 is 9.53 Å². The lowest BCUT2D eigenvalue weighted by molar-refractivity contribution is -0.00170. The van der Waals surface area contributed by atoms with Gasteiger partial charge in [-0.2, -0.15) is 5.10 Å². The van der Waals surface area contributed by atoms with E-state index in [0.717, 1.165) is 23.9 Å². The van der Waals surface area contributed by atoms with Crippen LogP contribution in [0.1, 0.15) is 23.8 Å². The topological polar surface area (TPSA) is 58.2 Å². The average molecular weight is 273 g/mol. The van der Waals surface area contributed by atoms with E-state index in [-0.39, 0.29) is 12.0 Å². The number of nitrogens with one attached hydrogen (secondary N) is 1. The molecule has 5 heteroatoms. The predicted octanol–water partition coefficient (Wildman–Crippen LogP) is 2.06. The summed E-state index contributed by atoms with van der Waals surface area (Å²) >= 11 is 0. The second-order valence-corrected chi connectivity index (χ2v) is 5.41. The number of fused-ring (bicyclic) bond motifs is 1. The average Bonchev–Trinajstić information content (AvgIpc) is 2.91. The number of methoxy groups -OCH3 is 1. The number of ether oxygens (including phenoxy) is 1. The molecule has 106 valence electrons. The van der Waals surface area contributed by atoms with Gasteiger partial charge in [0.25, 0.3) is 5.91 Å². The molecule has 0 bridgehead atoms. The van der Waals surface area contributed by atoms with Gasteiger partial charge in [-0.1, -0.05) is 25.1 Å². The number of likely N-dealkylation sites (tertiary alicyclic amines) is 1. The number of nitrogens with zero attached hydrogens (tertiary/aromatic N) is 2. The Bertz CT molecular complexity index is 622. The van der Waals surface area contributed by atoms with Crippen LogP contribution in [-0.2, 0) is 4.74 Å². The summed E-state index contributed by atoms with van der Waals surface area (Å²) in [5.74, 6) is 0.469. The maximum absolute atomic E-state index is 12.6. The minimum Gasteiger partial charge on any atom is -0.379 e. The second kappa shape index (κ2) is 5.25. The van der Waals surface area contributed by atoms with E-state index < -0.39 is 0 Å². The van der Waals surface area contributed by atoms with Crippen molar-refractivity contribution in [1.29, 1.82) is 0 Å². The van der Waals surface area contributed by atoms with Crippen molar-refractivity contribution in [2.45, 2.75) is 19.4 Å². The molecule has 5 nitrogen and oxygen atoms in total. The van der Waals surface area contributed by atoms with Crippen LogP contribution >= 0.6 is 0 Å². The summed E-state index contributed by atoms with van der Waals surface area (Å²) in [5, 5.41) is 7.98. The zero-order valence-corrected chi connectivity index (χ0v) is 11.8. The Balaban J connectivity index is 1.85. The third-order valence-corrected chi connectivity index (χ3v) is 4.15. The van der Waals surface area contributed by atoms with Crippen molar-refractivity contribution in [3.05, 3.63) is 30.0 Å². The number of piperidine rings is 1. The molecule has 0 aliphatic carbocycles. The molecule has 2 atom stereocenters. The lowest BCUT2D eigenvalue weighted by Crippen LogP contribution is -2.46. The van der Waals surface area contributed by atoms with Crippen LogP contribution in [0.15, 0.2) is 24.3 Å². The summed E-state index contributed by atoms with van der Waals surface area (Å²) in [4.78, 5) is 14.5. The molecule has 1 fully saturated rings. The Morgan fingerprint density at radius 1 is 1.45 bits per heavy atom. The van der Waals surface area contributed by atoms with E-state index >= 15 is 0 Å². The number of carbonyl (C=O) groups excluding carboxylic acids is 1. The number of carbonyl (C=O) groups is 1. The minimum absolute atomic E-state index is 0.0172. The first-order chi connectivity index (χ1) is 9.70. The van der Waals surface area contributed by atoms with E-state index in [2.05, 4.69) is 17.1 Å². The highest BCUT2D eigenvalue weighted by molar-refractivity contribution is 6.04. The fourth-order valence-electron chi connectivity index (χ4n) is 2.80. The van der Waals surface area contributed by atoms with Gasteiger partial charge >= 0.3 is 0 Å². The number of para-hydroxylation sites is 1. The van der Waals surface area contributed by atoms with Crippen molar-refractivity contribution in [3.63, 3.8) is 0 Å². The van der Waals surface area contributed by atoms with Crippen molar-refractivity contribution in [3.8, 4) is 0 Å². The minimum atomic E-state index is -0.0172. The van der Waals surface area contributed by atoms with Crippen LogP contribution in [-0.4, -0.2) is 47.3 Å². The van der Waals surface area contributed by atoms with E-state index in [1.807, 2.05) is 29.2 Å². The van der Waals surface area contributed by atoms with Crippen molar-refractivity contribution in [1.82, 2.24) is 15.1 Å². The standard InChI is InChI=1S/C15H19N3O2/c1-10-7-8-18(9-13(10)20-2)15(19)14-11-5-3-4-6-12(11)16-17-14/h3-6,10,13H,7-9H2,1-2H3,(H,16,17). The lowest BCUT2D eigenvalue weighted by Gasteiger charge is -2.35. The Morgan fingerprint density at radius 3 is 3.05 bits per heavy atom. The first-order valence-corrected chi connectivity index (χ1v) is 6.96. The molecule has 20 heavy (non-hydrogen) atoms. The maximum Gasteiger partial charge on any atom is 0.275 e. The zero-order valence-electron chi connectivity index (χ0n) is 11.8. The molecular formula is C15H19N3O2. The molecule has 1 aliphatic rings. The molecule has 1 N–H and O–H groups in total. The number of hydrogen-bond acceptors (Lipinski definition) is 3. The molecule has 2 heterocycles. The first-order valence-electron chi connectivity index (χ1n) is 6.96. The maximum atomic E-state index is 12.6. The first kappa shape index (κ1) is 13.1. The van der Waals surface area contributed by atoms with Crippen LogP contribution in [0.25, 0.3) is 10.9 Å². The monoisotopic (exact) mass is 273 g/mol. The number of rotatable bonds is 2. The highest BCUT2D eigenvalue weighted by Crippen LogP contribution is 2.23. The summed E-state index contributed by atoms with van der Waals surface area (Å²) in [5.41, 5.74) is 1.40. The van der Waals surface area contributed by atoms with E-state index in [1.165, 1.54) is 0 Å². The smallest absolute Gasteiger partial charge is 0.275 e. The number of H-pyrrole nitrogens is 1. The molecule has 2 unspecified atom stereocenters. The molecule has 1 aromatic heterocycles. The van der Waals surface area contributed by atoms with Gasteiger partial charge in [0.05, 0.1) is 11.6 Å². The predicted molar refractivity (Wildman–Crippen MR) is 76.6 cm³/mol. The van der Waals surface area contributed by atoms with Crippen LogP contribution < -0.4 is 0 Å². The number of benzene rings is 1. The van der Waals surface area contributed by atoms with Gasteiger partial charge in [0, 0.05) is 25.6 Å². The van der Waals surface area contributed by atoms with Crippen molar-refractivity contribution in [2.24, 2.45) is 5.92 Å². The summed E-state index contributed by atoms with van der Waals surface area (Å²) < 4.78 is 5.47. The van der Waals surface area contributed by atoms with E-state index in [9.17, 15) is 4.79 Å². The molecule has 0 saturated carbocycles. The Labute approximate surface area is 117 Å². The number of aromatic amines is 1. The van der Waals surface area contributed by atoms with E-state index in [1.54, 1.807) is 7.11 Å². The molecule has 1 amide bonds. The van der Waals surface area contributed by atoms with Crippen molar-refractivity contribution >= 4 is 16.8 Å². The van der Waals surface area contributed by atoms with E-state index in [0.29, 0.717) is 18.2 Å². The van der Waals surface area contributed by atoms with Gasteiger partial charge in [0.15, 0.2) is 5.69 Å². The largest absolute Gasteiger partial charge is 0.379 e. The Kier molecular flexibility index (Phi) is 3.44. The van der Waals surface area contributed by atoms with Gasteiger partial charge in [-0.05, 0) is 18.4 Å². The lowest BCUT2D eigenvalue weighted by atomic mass is 9.95. The number of aromatic nitrogens is 2. The third kappa shape index (κ3) is 2.18. The Hall–Kier alpha value is -1.88. The molecule has 2 aromatic rings. The quantitative estimate of drug-likeness (QED) is 0.911. The van der Waals surface area contributed by atoms with Crippen LogP contribution in [0.4, 0.5) is 0 Å². The molecule has 1 aliphatic heterocycles.